The topological polar surface area (TPSA) is 81.8 Å². The summed E-state index contributed by atoms with van der Waals surface area (Å²) in [6.45, 7) is 3.84. The zero-order chi connectivity index (χ0) is 20.8. The molecule has 0 saturated carbocycles. The van der Waals surface area contributed by atoms with Crippen molar-refractivity contribution in [3.05, 3.63) is 76.1 Å². The molecular formula is C19H19ClN4O3S2. The molecule has 3 aliphatic rings. The number of sulfonamides is 1. The summed E-state index contributed by atoms with van der Waals surface area (Å²) in [5, 5.41) is 0.330. The maximum absolute atomic E-state index is 13.2. The monoisotopic (exact) mass is 450 g/mol. The first-order valence-electron chi connectivity index (χ1n) is 8.92. The first kappa shape index (κ1) is 19.9. The highest BCUT2D eigenvalue weighted by Crippen LogP contribution is 2.35. The van der Waals surface area contributed by atoms with Crippen LogP contribution < -0.4 is 9.44 Å². The lowest BCUT2D eigenvalue weighted by atomic mass is 10.1. The molecule has 1 aromatic rings. The number of rotatable bonds is 4. The molecule has 2 atom stereocenters. The fourth-order valence-corrected chi connectivity index (χ4v) is 5.58. The summed E-state index contributed by atoms with van der Waals surface area (Å²) in [7, 11) is -3.96. The van der Waals surface area contributed by atoms with Gasteiger partial charge in [-0.05, 0) is 44.2 Å². The maximum Gasteiger partial charge on any atom is 0.264 e. The summed E-state index contributed by atoms with van der Waals surface area (Å²) in [6.07, 6.45) is 10.4. The fraction of sp³-hybridized carbons (Fsp3) is 0.211. The number of fused-ring (bicyclic) bond motifs is 1. The first-order valence-corrected chi connectivity index (χ1v) is 11.6. The average Bonchev–Trinajstić information content (AvgIpc) is 3.27. The molecule has 0 radical (unpaired) electrons. The van der Waals surface area contributed by atoms with Gasteiger partial charge in [-0.3, -0.25) is 13.8 Å². The Hall–Kier alpha value is -2.36. The number of hydrogen-bond acceptors (Lipinski definition) is 6. The van der Waals surface area contributed by atoms with Gasteiger partial charge in [-0.1, -0.05) is 23.8 Å². The molecule has 29 heavy (non-hydrogen) atoms. The van der Waals surface area contributed by atoms with Crippen molar-refractivity contribution in [2.75, 3.05) is 4.72 Å². The normalized spacial score (nSPS) is 22.9. The summed E-state index contributed by atoms with van der Waals surface area (Å²) >= 11 is 7.37. The summed E-state index contributed by atoms with van der Waals surface area (Å²) in [6, 6.07) is 4.43. The average molecular weight is 451 g/mol. The largest absolute Gasteiger partial charge is 0.326 e. The lowest BCUT2D eigenvalue weighted by molar-refractivity contribution is 0.0711. The molecule has 0 saturated heterocycles. The van der Waals surface area contributed by atoms with Crippen molar-refractivity contribution in [1.29, 1.82) is 0 Å². The van der Waals surface area contributed by atoms with Crippen molar-refractivity contribution >= 4 is 45.4 Å². The number of allylic oxidation sites excluding steroid dienone is 2. The second-order valence-electron chi connectivity index (χ2n) is 6.81. The van der Waals surface area contributed by atoms with Crippen molar-refractivity contribution in [3.8, 4) is 0 Å². The molecule has 2 unspecified atom stereocenters. The molecule has 1 amide bonds. The molecule has 3 aliphatic heterocycles. The van der Waals surface area contributed by atoms with Crippen LogP contribution in [0.2, 0.25) is 5.02 Å². The number of anilines is 1. The Kier molecular flexibility index (Phi) is 5.14. The van der Waals surface area contributed by atoms with E-state index in [0.717, 1.165) is 0 Å². The van der Waals surface area contributed by atoms with Crippen molar-refractivity contribution in [1.82, 2.24) is 13.9 Å². The van der Waals surface area contributed by atoms with E-state index in [1.54, 1.807) is 39.8 Å². The minimum atomic E-state index is -3.96. The molecule has 0 aliphatic carbocycles. The smallest absolute Gasteiger partial charge is 0.264 e. The highest BCUT2D eigenvalue weighted by molar-refractivity contribution is 7.97. The van der Waals surface area contributed by atoms with Crippen LogP contribution in [0, 0.1) is 0 Å². The van der Waals surface area contributed by atoms with E-state index in [4.69, 9.17) is 11.6 Å². The van der Waals surface area contributed by atoms with Crippen LogP contribution >= 0.6 is 23.7 Å². The lowest BCUT2D eigenvalue weighted by Gasteiger charge is -2.28. The standard InChI is InChI=1S/C19H19ClN4O3S2/c1-12-5-6-13(2)24(12)19(25)15-8-7-14(20)10-16(15)22-29(26,27)18-4-3-9-23-17(18)11-21-28-23/h3-13,21-22H,1-2H3. The molecule has 2 N–H and O–H groups in total. The number of carbonyl (C=O) groups excluding carboxylic acids is 1. The molecule has 1 aromatic carbocycles. The van der Waals surface area contributed by atoms with Crippen LogP contribution in [0.1, 0.15) is 24.2 Å². The zero-order valence-electron chi connectivity index (χ0n) is 15.7. The van der Waals surface area contributed by atoms with Crippen LogP contribution in [0.15, 0.2) is 65.5 Å². The Morgan fingerprint density at radius 3 is 2.69 bits per heavy atom. The van der Waals surface area contributed by atoms with Crippen LogP contribution in [-0.4, -0.2) is 35.6 Å². The summed E-state index contributed by atoms with van der Waals surface area (Å²) < 4.78 is 33.5. The molecular weight excluding hydrogens is 432 g/mol. The van der Waals surface area contributed by atoms with Gasteiger partial charge < -0.3 is 9.62 Å². The number of hydrogen-bond donors (Lipinski definition) is 2. The van der Waals surface area contributed by atoms with Crippen molar-refractivity contribution < 1.29 is 13.2 Å². The van der Waals surface area contributed by atoms with Crippen LogP contribution in [-0.2, 0) is 10.0 Å². The molecule has 0 spiro atoms. The highest BCUT2D eigenvalue weighted by Gasteiger charge is 2.33. The van der Waals surface area contributed by atoms with Gasteiger partial charge >= 0.3 is 0 Å². The minimum Gasteiger partial charge on any atom is -0.326 e. The van der Waals surface area contributed by atoms with Crippen LogP contribution in [0.25, 0.3) is 0 Å². The number of nitrogens with zero attached hydrogens (tertiary/aromatic N) is 2. The number of amides is 1. The van der Waals surface area contributed by atoms with Gasteiger partial charge in [0.15, 0.2) is 0 Å². The number of halogens is 1. The van der Waals surface area contributed by atoms with Crippen LogP contribution in [0.3, 0.4) is 0 Å². The second-order valence-corrected chi connectivity index (χ2v) is 9.71. The van der Waals surface area contributed by atoms with Gasteiger partial charge in [-0.2, -0.15) is 0 Å². The highest BCUT2D eigenvalue weighted by atomic mass is 35.5. The Balaban J connectivity index is 1.69. The third-order valence-corrected chi connectivity index (χ3v) is 7.22. The molecule has 152 valence electrons. The van der Waals surface area contributed by atoms with Gasteiger partial charge in [-0.25, -0.2) is 8.42 Å². The number of nitrogens with one attached hydrogen (secondary N) is 2. The third-order valence-electron chi connectivity index (χ3n) is 4.83. The Morgan fingerprint density at radius 2 is 1.97 bits per heavy atom. The maximum atomic E-state index is 13.2. The molecule has 7 nitrogen and oxygen atoms in total. The molecule has 4 rings (SSSR count). The lowest BCUT2D eigenvalue weighted by Crippen LogP contribution is -2.39. The van der Waals surface area contributed by atoms with Gasteiger partial charge in [0, 0.05) is 29.5 Å². The predicted molar refractivity (Wildman–Crippen MR) is 116 cm³/mol. The quantitative estimate of drug-likeness (QED) is 0.539. The van der Waals surface area contributed by atoms with Crippen molar-refractivity contribution in [3.63, 3.8) is 0 Å². The number of benzene rings is 1. The van der Waals surface area contributed by atoms with E-state index in [2.05, 4.69) is 9.44 Å². The summed E-state index contributed by atoms with van der Waals surface area (Å²) in [4.78, 5) is 15.0. The van der Waals surface area contributed by atoms with Gasteiger partial charge in [-0.15, -0.1) is 0 Å². The molecule has 0 bridgehead atoms. The predicted octanol–water partition coefficient (Wildman–Crippen LogP) is 3.59. The number of carbonyl (C=O) groups is 1. The van der Waals surface area contributed by atoms with Crippen LogP contribution in [0.4, 0.5) is 5.69 Å². The Bertz CT molecular complexity index is 1080. The van der Waals surface area contributed by atoms with E-state index in [0.29, 0.717) is 10.7 Å². The van der Waals surface area contributed by atoms with Crippen molar-refractivity contribution in [2.45, 2.75) is 25.9 Å². The van der Waals surface area contributed by atoms with Crippen LogP contribution in [0.5, 0.6) is 0 Å². The minimum absolute atomic E-state index is 0.0795. The Morgan fingerprint density at radius 1 is 1.24 bits per heavy atom. The SMILES string of the molecule is CC1C=CC(C)N1C(=O)c1ccc(Cl)cc1NS(=O)(=O)C1=CC=CN2SNC=C12. The second kappa shape index (κ2) is 7.47. The van der Waals surface area contributed by atoms with E-state index < -0.39 is 10.0 Å². The van der Waals surface area contributed by atoms with Gasteiger partial charge in [0.05, 0.1) is 29.1 Å². The molecule has 0 fully saturated rings. The van der Waals surface area contributed by atoms with E-state index in [-0.39, 0.29) is 34.1 Å². The molecule has 0 aromatic heterocycles. The van der Waals surface area contributed by atoms with E-state index >= 15 is 0 Å². The van der Waals surface area contributed by atoms with E-state index in [1.807, 2.05) is 26.0 Å². The van der Waals surface area contributed by atoms with E-state index in [1.165, 1.54) is 24.3 Å². The van der Waals surface area contributed by atoms with Gasteiger partial charge in [0.1, 0.15) is 4.91 Å². The third kappa shape index (κ3) is 3.65. The van der Waals surface area contributed by atoms with E-state index in [9.17, 15) is 13.2 Å². The van der Waals surface area contributed by atoms with Gasteiger partial charge in [0.25, 0.3) is 15.9 Å². The first-order chi connectivity index (χ1) is 13.8. The molecule has 10 heteroatoms. The van der Waals surface area contributed by atoms with Gasteiger partial charge in [0.2, 0.25) is 0 Å². The molecule has 3 heterocycles. The Labute approximate surface area is 179 Å². The van der Waals surface area contributed by atoms with Crippen molar-refractivity contribution in [2.24, 2.45) is 0 Å². The summed E-state index contributed by atoms with van der Waals surface area (Å²) in [5.74, 6) is -0.263. The fourth-order valence-electron chi connectivity index (χ4n) is 3.44. The summed E-state index contributed by atoms with van der Waals surface area (Å²) in [5.41, 5.74) is 0.901. The zero-order valence-corrected chi connectivity index (χ0v) is 18.1.